The molecule has 0 radical (unpaired) electrons. The van der Waals surface area contributed by atoms with Crippen molar-refractivity contribution in [1.82, 2.24) is 9.80 Å². The van der Waals surface area contributed by atoms with Crippen LogP contribution in [-0.4, -0.2) is 40.6 Å². The minimum atomic E-state index is -0.454. The van der Waals surface area contributed by atoms with E-state index in [-0.39, 0.29) is 5.91 Å². The molecule has 2 aliphatic rings. The third kappa shape index (κ3) is 3.70. The number of likely N-dealkylation sites (N-methyl/N-ethyl adjacent to an activating group) is 1. The number of hydrogen-bond donors (Lipinski definition) is 1. The number of amides is 1. The van der Waals surface area contributed by atoms with E-state index < -0.39 is 6.04 Å². The number of fused-ring (bicyclic) bond motifs is 1. The van der Waals surface area contributed by atoms with Crippen molar-refractivity contribution in [2.24, 2.45) is 10.7 Å². The van der Waals surface area contributed by atoms with Crippen LogP contribution in [0, 0.1) is 11.3 Å². The van der Waals surface area contributed by atoms with Crippen LogP contribution in [0.5, 0.6) is 5.75 Å². The van der Waals surface area contributed by atoms with Crippen LogP contribution >= 0.6 is 11.8 Å². The molecular weight excluding hydrogens is 386 g/mol. The lowest BCUT2D eigenvalue weighted by molar-refractivity contribution is -0.127. The number of rotatable bonds is 6. The van der Waals surface area contributed by atoms with Gasteiger partial charge in [-0.3, -0.25) is 9.69 Å². The molecule has 0 fully saturated rings. The van der Waals surface area contributed by atoms with E-state index in [1.54, 1.807) is 9.80 Å². The first-order valence-electron chi connectivity index (χ1n) is 9.65. The lowest BCUT2D eigenvalue weighted by Crippen LogP contribution is -2.42. The third-order valence-electron chi connectivity index (χ3n) is 4.97. The van der Waals surface area contributed by atoms with Gasteiger partial charge in [-0.15, -0.1) is 0 Å². The SMILES string of the molecule is CCOc1ccc([C@H]2C(C(=O)N(CC)CC)=C(C)N=C3SC(C#N)=C(N)N32)cc1. The van der Waals surface area contributed by atoms with E-state index in [4.69, 9.17) is 10.5 Å². The average Bonchev–Trinajstić information content (AvgIpc) is 3.03. The number of allylic oxidation sites excluding steroid dienone is 2. The van der Waals surface area contributed by atoms with E-state index in [0.717, 1.165) is 11.3 Å². The van der Waals surface area contributed by atoms with Gasteiger partial charge < -0.3 is 15.4 Å². The van der Waals surface area contributed by atoms with Crippen molar-refractivity contribution in [3.05, 3.63) is 51.8 Å². The van der Waals surface area contributed by atoms with Crippen LogP contribution in [0.15, 0.2) is 51.3 Å². The summed E-state index contributed by atoms with van der Waals surface area (Å²) in [5, 5.41) is 10.1. The fourth-order valence-electron chi connectivity index (χ4n) is 3.52. The van der Waals surface area contributed by atoms with Gasteiger partial charge in [0.2, 0.25) is 0 Å². The molecule has 0 saturated heterocycles. The maximum atomic E-state index is 13.4. The second-order valence-corrected chi connectivity index (χ2v) is 7.55. The van der Waals surface area contributed by atoms with Gasteiger partial charge in [0, 0.05) is 13.1 Å². The number of nitrogens with zero attached hydrogens (tertiary/aromatic N) is 4. The van der Waals surface area contributed by atoms with Crippen LogP contribution in [0.25, 0.3) is 0 Å². The molecule has 0 aromatic heterocycles. The maximum absolute atomic E-state index is 13.4. The first-order chi connectivity index (χ1) is 14.0. The zero-order chi connectivity index (χ0) is 21.1. The smallest absolute Gasteiger partial charge is 0.254 e. The lowest BCUT2D eigenvalue weighted by atomic mass is 9.93. The lowest BCUT2D eigenvalue weighted by Gasteiger charge is -2.36. The highest BCUT2D eigenvalue weighted by Gasteiger charge is 2.42. The summed E-state index contributed by atoms with van der Waals surface area (Å²) in [7, 11) is 0. The number of nitriles is 1. The number of carbonyl (C=O) groups is 1. The van der Waals surface area contributed by atoms with Crippen molar-refractivity contribution >= 4 is 22.8 Å². The first-order valence-corrected chi connectivity index (χ1v) is 10.5. The fourth-order valence-corrected chi connectivity index (χ4v) is 4.44. The molecule has 0 unspecified atom stereocenters. The van der Waals surface area contributed by atoms with E-state index in [0.29, 0.717) is 46.9 Å². The van der Waals surface area contributed by atoms with Crippen molar-refractivity contribution in [2.75, 3.05) is 19.7 Å². The highest BCUT2D eigenvalue weighted by Crippen LogP contribution is 2.45. The molecule has 152 valence electrons. The molecule has 0 saturated carbocycles. The predicted molar refractivity (Wildman–Crippen MR) is 115 cm³/mol. The van der Waals surface area contributed by atoms with E-state index in [1.165, 1.54) is 11.8 Å². The number of nitrogens with two attached hydrogens (primary N) is 1. The highest BCUT2D eigenvalue weighted by molar-refractivity contribution is 8.17. The Bertz CT molecular complexity index is 939. The molecule has 7 nitrogen and oxygen atoms in total. The van der Waals surface area contributed by atoms with Crippen molar-refractivity contribution < 1.29 is 9.53 Å². The largest absolute Gasteiger partial charge is 0.494 e. The first kappa shape index (κ1) is 20.8. The summed E-state index contributed by atoms with van der Waals surface area (Å²) in [6.07, 6.45) is 0. The minimum Gasteiger partial charge on any atom is -0.494 e. The summed E-state index contributed by atoms with van der Waals surface area (Å²) in [5.41, 5.74) is 8.41. The van der Waals surface area contributed by atoms with Crippen molar-refractivity contribution in [1.29, 1.82) is 5.26 Å². The third-order valence-corrected chi connectivity index (χ3v) is 5.94. The Balaban J connectivity index is 2.14. The second-order valence-electron chi connectivity index (χ2n) is 6.57. The summed E-state index contributed by atoms with van der Waals surface area (Å²) < 4.78 is 5.55. The number of benzene rings is 1. The molecule has 1 amide bonds. The van der Waals surface area contributed by atoms with Gasteiger partial charge in [-0.2, -0.15) is 5.26 Å². The molecule has 1 aromatic carbocycles. The van der Waals surface area contributed by atoms with Gasteiger partial charge in [0.15, 0.2) is 5.17 Å². The number of carbonyl (C=O) groups excluding carboxylic acids is 1. The van der Waals surface area contributed by atoms with Gasteiger partial charge in [0.25, 0.3) is 5.91 Å². The Kier molecular flexibility index (Phi) is 6.18. The van der Waals surface area contributed by atoms with Gasteiger partial charge in [0.05, 0.1) is 23.9 Å². The Morgan fingerprint density at radius 2 is 1.97 bits per heavy atom. The van der Waals surface area contributed by atoms with Crippen LogP contribution in [0.2, 0.25) is 0 Å². The Morgan fingerprint density at radius 1 is 1.31 bits per heavy atom. The van der Waals surface area contributed by atoms with Crippen LogP contribution in [0.3, 0.4) is 0 Å². The van der Waals surface area contributed by atoms with E-state index in [2.05, 4.69) is 11.1 Å². The quantitative estimate of drug-likeness (QED) is 0.771. The predicted octanol–water partition coefficient (Wildman–Crippen LogP) is 3.34. The maximum Gasteiger partial charge on any atom is 0.254 e. The van der Waals surface area contributed by atoms with Gasteiger partial charge in [-0.25, -0.2) is 4.99 Å². The fraction of sp³-hybridized carbons (Fsp3) is 0.381. The van der Waals surface area contributed by atoms with Gasteiger partial charge in [0.1, 0.15) is 22.5 Å². The zero-order valence-electron chi connectivity index (χ0n) is 17.1. The van der Waals surface area contributed by atoms with Crippen LogP contribution in [0.4, 0.5) is 0 Å². The van der Waals surface area contributed by atoms with Crippen molar-refractivity contribution in [2.45, 2.75) is 33.7 Å². The number of ether oxygens (including phenoxy) is 1. The van der Waals surface area contributed by atoms with Crippen molar-refractivity contribution in [3.63, 3.8) is 0 Å². The van der Waals surface area contributed by atoms with Crippen molar-refractivity contribution in [3.8, 4) is 11.8 Å². The summed E-state index contributed by atoms with van der Waals surface area (Å²) in [5.74, 6) is 1.01. The molecule has 3 rings (SSSR count). The number of amidine groups is 1. The van der Waals surface area contributed by atoms with Gasteiger partial charge in [-0.1, -0.05) is 12.1 Å². The molecule has 2 heterocycles. The molecule has 29 heavy (non-hydrogen) atoms. The van der Waals surface area contributed by atoms with E-state index in [9.17, 15) is 10.1 Å². The Morgan fingerprint density at radius 3 is 2.52 bits per heavy atom. The Hall–Kier alpha value is -2.92. The summed E-state index contributed by atoms with van der Waals surface area (Å²) in [6, 6.07) is 9.31. The molecular formula is C21H25N5O2S. The van der Waals surface area contributed by atoms with Crippen LogP contribution in [0.1, 0.15) is 39.3 Å². The van der Waals surface area contributed by atoms with Gasteiger partial charge in [-0.05, 0) is 57.2 Å². The number of aliphatic imine (C=N–C) groups is 1. The topological polar surface area (TPSA) is 94.9 Å². The van der Waals surface area contributed by atoms with E-state index in [1.807, 2.05) is 52.0 Å². The van der Waals surface area contributed by atoms with E-state index >= 15 is 0 Å². The molecule has 0 bridgehead atoms. The van der Waals surface area contributed by atoms with Crippen LogP contribution in [-0.2, 0) is 4.79 Å². The molecule has 1 atom stereocenters. The molecule has 8 heteroatoms. The monoisotopic (exact) mass is 411 g/mol. The molecule has 1 aromatic rings. The average molecular weight is 412 g/mol. The number of thioether (sulfide) groups is 1. The second kappa shape index (κ2) is 8.62. The molecule has 2 aliphatic heterocycles. The molecule has 2 N–H and O–H groups in total. The van der Waals surface area contributed by atoms with Crippen LogP contribution < -0.4 is 10.5 Å². The minimum absolute atomic E-state index is 0.0719. The summed E-state index contributed by atoms with van der Waals surface area (Å²) in [4.78, 5) is 22.0. The Labute approximate surface area is 175 Å². The molecule has 0 spiro atoms. The summed E-state index contributed by atoms with van der Waals surface area (Å²) in [6.45, 7) is 9.45. The standard InChI is InChI=1S/C21H25N5O2S/c1-5-25(6-2)20(27)17-13(4)24-21-26(19(23)16(12-22)29-21)18(17)14-8-10-15(11-9-14)28-7-3/h8-11,18H,5-7,23H2,1-4H3/t18-/m0/s1. The highest BCUT2D eigenvalue weighted by atomic mass is 32.2. The zero-order valence-corrected chi connectivity index (χ0v) is 17.9. The number of hydrogen-bond acceptors (Lipinski definition) is 7. The summed E-state index contributed by atoms with van der Waals surface area (Å²) >= 11 is 1.24. The van der Waals surface area contributed by atoms with Gasteiger partial charge >= 0.3 is 0 Å². The molecule has 0 aliphatic carbocycles. The normalized spacial score (nSPS) is 18.4.